The molecule has 0 aromatic carbocycles. The Hall–Kier alpha value is -1.58. The summed E-state index contributed by atoms with van der Waals surface area (Å²) in [4.78, 5) is 11.0. The molecule has 0 spiro atoms. The Labute approximate surface area is 63.4 Å². The number of nitrogens with zero attached hydrogens (tertiary/aromatic N) is 2. The highest BCUT2D eigenvalue weighted by Crippen LogP contribution is 2.14. The maximum atomic E-state index is 11.0. The number of rotatable bonds is 0. The Morgan fingerprint density at radius 3 is 3.36 bits per heavy atom. The summed E-state index contributed by atoms with van der Waals surface area (Å²) in [6.45, 7) is 0.0781. The summed E-state index contributed by atoms with van der Waals surface area (Å²) in [5.74, 6) is -0.136. The second-order valence-corrected chi connectivity index (χ2v) is 2.18. The zero-order valence-electron chi connectivity index (χ0n) is 5.73. The molecule has 4 nitrogen and oxygen atoms in total. The fraction of sp³-hybridized carbons (Fsp3) is 0.143. The van der Waals surface area contributed by atoms with Gasteiger partial charge >= 0.3 is 0 Å². The summed E-state index contributed by atoms with van der Waals surface area (Å²) >= 11 is 0. The molecule has 0 atom stereocenters. The molecule has 1 amide bonds. The van der Waals surface area contributed by atoms with Crippen LogP contribution < -0.4 is 0 Å². The maximum Gasteiger partial charge on any atom is 0.285 e. The van der Waals surface area contributed by atoms with E-state index in [0.29, 0.717) is 5.70 Å². The third-order valence-electron chi connectivity index (χ3n) is 1.43. The SMILES string of the molecule is O=C1COC=C2C=CC=NN12. The molecule has 0 saturated carbocycles. The summed E-state index contributed by atoms with van der Waals surface area (Å²) in [6, 6.07) is 0. The second-order valence-electron chi connectivity index (χ2n) is 2.18. The lowest BCUT2D eigenvalue weighted by atomic mass is 10.3. The van der Waals surface area contributed by atoms with Crippen molar-refractivity contribution in [3.05, 3.63) is 24.1 Å². The first kappa shape index (κ1) is 6.15. The molecule has 11 heavy (non-hydrogen) atoms. The van der Waals surface area contributed by atoms with E-state index in [-0.39, 0.29) is 12.5 Å². The fourth-order valence-electron chi connectivity index (χ4n) is 0.941. The summed E-state index contributed by atoms with van der Waals surface area (Å²) in [7, 11) is 0. The van der Waals surface area contributed by atoms with Crippen LogP contribution in [0.2, 0.25) is 0 Å². The molecular weight excluding hydrogens is 144 g/mol. The number of fused-ring (bicyclic) bond motifs is 1. The van der Waals surface area contributed by atoms with Crippen molar-refractivity contribution in [2.75, 3.05) is 6.61 Å². The van der Waals surface area contributed by atoms with Crippen molar-refractivity contribution in [2.24, 2.45) is 5.10 Å². The summed E-state index contributed by atoms with van der Waals surface area (Å²) < 4.78 is 4.87. The highest BCUT2D eigenvalue weighted by Gasteiger charge is 2.21. The average molecular weight is 150 g/mol. The molecule has 56 valence electrons. The highest BCUT2D eigenvalue weighted by atomic mass is 16.5. The topological polar surface area (TPSA) is 41.9 Å². The number of carbonyl (C=O) groups excluding carboxylic acids is 1. The van der Waals surface area contributed by atoms with Crippen LogP contribution in [-0.2, 0) is 9.53 Å². The number of amides is 1. The molecule has 0 radical (unpaired) electrons. The second kappa shape index (κ2) is 2.23. The van der Waals surface area contributed by atoms with Gasteiger partial charge in [0.1, 0.15) is 12.0 Å². The zero-order chi connectivity index (χ0) is 7.68. The molecule has 0 aromatic heterocycles. The molecule has 2 aliphatic rings. The molecule has 0 bridgehead atoms. The van der Waals surface area contributed by atoms with E-state index in [1.807, 2.05) is 0 Å². The van der Waals surface area contributed by atoms with Gasteiger partial charge in [-0.15, -0.1) is 0 Å². The first-order valence-electron chi connectivity index (χ1n) is 3.23. The normalized spacial score (nSPS) is 20.9. The standard InChI is InChI=1S/C7H6N2O2/c10-7-5-11-4-6-2-1-3-8-9(6)7/h1-4H,5H2. The minimum Gasteiger partial charge on any atom is -0.489 e. The van der Waals surface area contributed by atoms with Crippen LogP contribution in [0.3, 0.4) is 0 Å². The predicted molar refractivity (Wildman–Crippen MR) is 38.5 cm³/mol. The van der Waals surface area contributed by atoms with E-state index in [9.17, 15) is 4.79 Å². The van der Waals surface area contributed by atoms with Crippen LogP contribution in [-0.4, -0.2) is 23.7 Å². The first-order valence-corrected chi connectivity index (χ1v) is 3.23. The third-order valence-corrected chi connectivity index (χ3v) is 1.43. The summed E-state index contributed by atoms with van der Waals surface area (Å²) in [6.07, 6.45) is 6.61. The number of allylic oxidation sites excluding steroid dienone is 2. The van der Waals surface area contributed by atoms with Crippen molar-refractivity contribution >= 4 is 12.1 Å². The fourth-order valence-corrected chi connectivity index (χ4v) is 0.941. The molecule has 0 saturated heterocycles. The maximum absolute atomic E-state index is 11.0. The van der Waals surface area contributed by atoms with Gasteiger partial charge in [-0.1, -0.05) is 0 Å². The van der Waals surface area contributed by atoms with E-state index in [1.54, 1.807) is 18.4 Å². The van der Waals surface area contributed by atoms with Crippen LogP contribution in [0.15, 0.2) is 29.2 Å². The molecule has 2 aliphatic heterocycles. The van der Waals surface area contributed by atoms with Crippen molar-refractivity contribution in [3.63, 3.8) is 0 Å². The summed E-state index contributed by atoms with van der Waals surface area (Å²) in [5, 5.41) is 5.18. The Kier molecular flexibility index (Phi) is 1.25. The van der Waals surface area contributed by atoms with Gasteiger partial charge in [0, 0.05) is 6.21 Å². The van der Waals surface area contributed by atoms with Gasteiger partial charge in [0.25, 0.3) is 5.91 Å². The minimum atomic E-state index is -0.136. The zero-order valence-corrected chi connectivity index (χ0v) is 5.73. The van der Waals surface area contributed by atoms with E-state index in [2.05, 4.69) is 5.10 Å². The van der Waals surface area contributed by atoms with Gasteiger partial charge in [0.05, 0.1) is 0 Å². The average Bonchev–Trinajstić information content (AvgIpc) is 2.06. The van der Waals surface area contributed by atoms with E-state index in [1.165, 1.54) is 11.3 Å². The molecule has 2 heterocycles. The van der Waals surface area contributed by atoms with Crippen LogP contribution in [0.4, 0.5) is 0 Å². The van der Waals surface area contributed by atoms with Gasteiger partial charge < -0.3 is 4.74 Å². The van der Waals surface area contributed by atoms with Gasteiger partial charge in [-0.3, -0.25) is 4.79 Å². The van der Waals surface area contributed by atoms with Crippen LogP contribution in [0.5, 0.6) is 0 Å². The van der Waals surface area contributed by atoms with E-state index >= 15 is 0 Å². The highest BCUT2D eigenvalue weighted by molar-refractivity contribution is 5.84. The van der Waals surface area contributed by atoms with Crippen molar-refractivity contribution in [1.82, 2.24) is 5.01 Å². The monoisotopic (exact) mass is 150 g/mol. The van der Waals surface area contributed by atoms with E-state index in [0.717, 1.165) is 0 Å². The van der Waals surface area contributed by atoms with Gasteiger partial charge in [-0.2, -0.15) is 10.1 Å². The predicted octanol–water partition coefficient (Wildman–Crippen LogP) is 0.242. The van der Waals surface area contributed by atoms with Gasteiger partial charge in [0.2, 0.25) is 0 Å². The summed E-state index contributed by atoms with van der Waals surface area (Å²) in [5.41, 5.74) is 0.684. The van der Waals surface area contributed by atoms with Crippen molar-refractivity contribution in [2.45, 2.75) is 0 Å². The quantitative estimate of drug-likeness (QED) is 0.496. The smallest absolute Gasteiger partial charge is 0.285 e. The largest absolute Gasteiger partial charge is 0.489 e. The van der Waals surface area contributed by atoms with Gasteiger partial charge in [0.15, 0.2) is 6.61 Å². The molecule has 0 fully saturated rings. The Bertz CT molecular complexity index is 278. The molecular formula is C7H6N2O2. The number of hydrogen-bond acceptors (Lipinski definition) is 3. The van der Waals surface area contributed by atoms with Crippen molar-refractivity contribution < 1.29 is 9.53 Å². The van der Waals surface area contributed by atoms with Gasteiger partial charge in [-0.25, -0.2) is 0 Å². The number of ether oxygens (including phenoxy) is 1. The first-order chi connectivity index (χ1) is 5.38. The molecule has 2 rings (SSSR count). The van der Waals surface area contributed by atoms with Crippen LogP contribution in [0.1, 0.15) is 0 Å². The lowest BCUT2D eigenvalue weighted by molar-refractivity contribution is -0.134. The number of carbonyl (C=O) groups is 1. The Morgan fingerprint density at radius 2 is 2.55 bits per heavy atom. The Balaban J connectivity index is 2.36. The lowest BCUT2D eigenvalue weighted by Crippen LogP contribution is -2.32. The number of hydrazone groups is 1. The van der Waals surface area contributed by atoms with E-state index < -0.39 is 0 Å². The van der Waals surface area contributed by atoms with Crippen LogP contribution in [0, 0.1) is 0 Å². The molecule has 0 aromatic rings. The molecule has 0 N–H and O–H groups in total. The van der Waals surface area contributed by atoms with E-state index in [4.69, 9.17) is 4.74 Å². The Morgan fingerprint density at radius 1 is 1.64 bits per heavy atom. The van der Waals surface area contributed by atoms with Gasteiger partial charge in [-0.05, 0) is 12.2 Å². The van der Waals surface area contributed by atoms with Crippen molar-refractivity contribution in [3.8, 4) is 0 Å². The molecule has 0 aliphatic carbocycles. The third kappa shape index (κ3) is 0.920. The molecule has 0 unspecified atom stereocenters. The lowest BCUT2D eigenvalue weighted by Gasteiger charge is -2.22. The van der Waals surface area contributed by atoms with Crippen LogP contribution >= 0.6 is 0 Å². The molecule has 4 heteroatoms. The number of hydrogen-bond donors (Lipinski definition) is 0. The minimum absolute atomic E-state index is 0.0781. The van der Waals surface area contributed by atoms with Crippen molar-refractivity contribution in [1.29, 1.82) is 0 Å². The van der Waals surface area contributed by atoms with Crippen LogP contribution in [0.25, 0.3) is 0 Å².